The number of carbonyl (C=O) groups is 1. The van der Waals surface area contributed by atoms with E-state index in [-0.39, 0.29) is 0 Å². The summed E-state index contributed by atoms with van der Waals surface area (Å²) < 4.78 is 0. The van der Waals surface area contributed by atoms with Crippen LogP contribution in [-0.4, -0.2) is 21.4 Å². The van der Waals surface area contributed by atoms with Crippen LogP contribution in [-0.2, 0) is 0 Å². The highest BCUT2D eigenvalue weighted by Gasteiger charge is 2.07. The van der Waals surface area contributed by atoms with Crippen LogP contribution in [0.5, 0.6) is 0 Å². The molecule has 0 unspecified atom stereocenters. The van der Waals surface area contributed by atoms with E-state index in [4.69, 9.17) is 16.7 Å². The van der Waals surface area contributed by atoms with Gasteiger partial charge in [0.25, 0.3) is 0 Å². The van der Waals surface area contributed by atoms with Crippen molar-refractivity contribution in [3.8, 4) is 11.3 Å². The van der Waals surface area contributed by atoms with E-state index in [0.717, 1.165) is 22.5 Å². The predicted octanol–water partition coefficient (Wildman–Crippen LogP) is 4.87. The molecule has 2 aromatic carbocycles. The Morgan fingerprint density at radius 2 is 1.92 bits per heavy atom. The van der Waals surface area contributed by atoms with Gasteiger partial charge in [-0.05, 0) is 48.4 Å². The second-order valence-corrected chi connectivity index (χ2v) is 5.70. The molecule has 0 bridgehead atoms. The first kappa shape index (κ1) is 15.9. The number of carboxylic acid groups (broad SMARTS) is 1. The number of rotatable bonds is 4. The van der Waals surface area contributed by atoms with Crippen LogP contribution in [0, 0.1) is 6.92 Å². The predicted molar refractivity (Wildman–Crippen MR) is 95.1 cm³/mol. The number of nitrogens with one attached hydrogen (secondary N) is 3. The van der Waals surface area contributed by atoms with Crippen LogP contribution in [0.1, 0.15) is 5.56 Å². The first-order valence-electron chi connectivity index (χ1n) is 7.20. The van der Waals surface area contributed by atoms with Crippen molar-refractivity contribution >= 4 is 34.9 Å². The van der Waals surface area contributed by atoms with Crippen LogP contribution in [0.25, 0.3) is 11.3 Å². The van der Waals surface area contributed by atoms with Crippen molar-refractivity contribution in [1.82, 2.24) is 10.2 Å². The molecular formula is C17H15ClN4O2. The molecule has 1 heterocycles. The van der Waals surface area contributed by atoms with Crippen LogP contribution in [0.15, 0.2) is 48.5 Å². The first-order valence-corrected chi connectivity index (χ1v) is 7.58. The van der Waals surface area contributed by atoms with Gasteiger partial charge in [0.2, 0.25) is 0 Å². The molecule has 0 atom stereocenters. The van der Waals surface area contributed by atoms with Crippen molar-refractivity contribution in [2.45, 2.75) is 6.92 Å². The summed E-state index contributed by atoms with van der Waals surface area (Å²) in [6.07, 6.45) is -1.09. The Kier molecular flexibility index (Phi) is 4.39. The minimum Gasteiger partial charge on any atom is -0.465 e. The summed E-state index contributed by atoms with van der Waals surface area (Å²) in [5, 5.41) is 22.2. The van der Waals surface area contributed by atoms with Gasteiger partial charge in [-0.2, -0.15) is 5.10 Å². The number of aromatic nitrogens is 2. The smallest absolute Gasteiger partial charge is 0.409 e. The molecule has 1 aromatic heterocycles. The largest absolute Gasteiger partial charge is 0.465 e. The molecular weight excluding hydrogens is 328 g/mol. The highest BCUT2D eigenvalue weighted by atomic mass is 35.5. The van der Waals surface area contributed by atoms with E-state index < -0.39 is 6.09 Å². The SMILES string of the molecule is Cc1cc(NC(=O)O)ccc1Nc1cc(-c2ccc(Cl)cc2)[nH]n1. The number of halogens is 1. The second kappa shape index (κ2) is 6.64. The molecule has 0 fully saturated rings. The summed E-state index contributed by atoms with van der Waals surface area (Å²) in [4.78, 5) is 10.7. The van der Waals surface area contributed by atoms with Gasteiger partial charge in [-0.25, -0.2) is 4.79 Å². The van der Waals surface area contributed by atoms with Crippen LogP contribution >= 0.6 is 11.6 Å². The minimum absolute atomic E-state index is 0.523. The molecule has 24 heavy (non-hydrogen) atoms. The monoisotopic (exact) mass is 342 g/mol. The van der Waals surface area contributed by atoms with Crippen LogP contribution < -0.4 is 10.6 Å². The molecule has 0 spiro atoms. The van der Waals surface area contributed by atoms with Crippen LogP contribution in [0.4, 0.5) is 22.0 Å². The number of amides is 1. The number of nitrogens with zero attached hydrogens (tertiary/aromatic N) is 1. The normalized spacial score (nSPS) is 10.4. The van der Waals surface area contributed by atoms with Crippen molar-refractivity contribution in [2.24, 2.45) is 0 Å². The quantitative estimate of drug-likeness (QED) is 0.544. The molecule has 0 radical (unpaired) electrons. The van der Waals surface area contributed by atoms with E-state index in [1.165, 1.54) is 0 Å². The maximum Gasteiger partial charge on any atom is 0.409 e. The summed E-state index contributed by atoms with van der Waals surface area (Å²) in [5.41, 5.74) is 4.13. The summed E-state index contributed by atoms with van der Waals surface area (Å²) in [6.45, 7) is 1.89. The molecule has 0 saturated carbocycles. The fraction of sp³-hybridized carbons (Fsp3) is 0.0588. The Balaban J connectivity index is 1.77. The Morgan fingerprint density at radius 1 is 1.17 bits per heavy atom. The zero-order valence-electron chi connectivity index (χ0n) is 12.8. The molecule has 1 amide bonds. The van der Waals surface area contributed by atoms with Gasteiger partial charge in [0.1, 0.15) is 0 Å². The Labute approximate surface area is 143 Å². The third kappa shape index (κ3) is 3.67. The molecule has 0 aliphatic heterocycles. The van der Waals surface area contributed by atoms with Gasteiger partial charge >= 0.3 is 6.09 Å². The summed E-state index contributed by atoms with van der Waals surface area (Å²) in [7, 11) is 0. The average molecular weight is 343 g/mol. The van der Waals surface area contributed by atoms with Crippen molar-refractivity contribution in [1.29, 1.82) is 0 Å². The molecule has 0 saturated heterocycles. The highest BCUT2D eigenvalue weighted by Crippen LogP contribution is 2.26. The number of H-pyrrole nitrogens is 1. The van der Waals surface area contributed by atoms with E-state index in [0.29, 0.717) is 16.5 Å². The Morgan fingerprint density at radius 3 is 2.58 bits per heavy atom. The lowest BCUT2D eigenvalue weighted by atomic mass is 10.1. The first-order chi connectivity index (χ1) is 11.5. The van der Waals surface area contributed by atoms with Gasteiger partial charge in [-0.3, -0.25) is 10.4 Å². The minimum atomic E-state index is -1.09. The van der Waals surface area contributed by atoms with Crippen molar-refractivity contribution < 1.29 is 9.90 Å². The van der Waals surface area contributed by atoms with E-state index in [1.54, 1.807) is 18.2 Å². The summed E-state index contributed by atoms with van der Waals surface area (Å²) in [5.74, 6) is 0.669. The average Bonchev–Trinajstić information content (AvgIpc) is 2.99. The van der Waals surface area contributed by atoms with Gasteiger partial charge in [0.15, 0.2) is 5.82 Å². The molecule has 0 aliphatic rings. The lowest BCUT2D eigenvalue weighted by Crippen LogP contribution is -2.07. The van der Waals surface area contributed by atoms with Crippen molar-refractivity contribution in [2.75, 3.05) is 10.6 Å². The third-order valence-corrected chi connectivity index (χ3v) is 3.73. The number of aryl methyl sites for hydroxylation is 1. The van der Waals surface area contributed by atoms with Gasteiger partial charge in [-0.1, -0.05) is 23.7 Å². The number of aromatic amines is 1. The zero-order chi connectivity index (χ0) is 17.1. The van der Waals surface area contributed by atoms with E-state index >= 15 is 0 Å². The molecule has 3 aromatic rings. The lowest BCUT2D eigenvalue weighted by molar-refractivity contribution is 0.210. The third-order valence-electron chi connectivity index (χ3n) is 3.47. The van der Waals surface area contributed by atoms with Crippen molar-refractivity contribution in [3.05, 3.63) is 59.1 Å². The standard InChI is InChI=1S/C17H15ClN4O2/c1-10-8-13(19-17(23)24)6-7-14(10)20-16-9-15(21-22-16)11-2-4-12(18)5-3-11/h2-9,19H,1H3,(H,23,24)(H2,20,21,22). The zero-order valence-corrected chi connectivity index (χ0v) is 13.6. The number of hydrogen-bond donors (Lipinski definition) is 4. The van der Waals surface area contributed by atoms with Crippen molar-refractivity contribution in [3.63, 3.8) is 0 Å². The lowest BCUT2D eigenvalue weighted by Gasteiger charge is -2.09. The Hall–Kier alpha value is -2.99. The maximum absolute atomic E-state index is 10.7. The molecule has 7 heteroatoms. The number of hydrogen-bond acceptors (Lipinski definition) is 3. The summed E-state index contributed by atoms with van der Waals surface area (Å²) >= 11 is 5.89. The fourth-order valence-corrected chi connectivity index (χ4v) is 2.43. The van der Waals surface area contributed by atoms with Crippen LogP contribution in [0.3, 0.4) is 0 Å². The molecule has 0 aliphatic carbocycles. The van der Waals surface area contributed by atoms with Gasteiger partial charge in [0.05, 0.1) is 5.69 Å². The highest BCUT2D eigenvalue weighted by molar-refractivity contribution is 6.30. The molecule has 6 nitrogen and oxygen atoms in total. The van der Waals surface area contributed by atoms with Gasteiger partial charge in [-0.15, -0.1) is 0 Å². The molecule has 122 valence electrons. The second-order valence-electron chi connectivity index (χ2n) is 5.26. The fourth-order valence-electron chi connectivity index (χ4n) is 2.31. The Bertz CT molecular complexity index is 875. The topological polar surface area (TPSA) is 90.0 Å². The summed E-state index contributed by atoms with van der Waals surface area (Å²) in [6, 6.07) is 14.6. The van der Waals surface area contributed by atoms with Gasteiger partial charge in [0, 0.05) is 22.5 Å². The van der Waals surface area contributed by atoms with E-state index in [1.807, 2.05) is 37.3 Å². The molecule has 3 rings (SSSR count). The van der Waals surface area contributed by atoms with E-state index in [9.17, 15) is 4.79 Å². The van der Waals surface area contributed by atoms with E-state index in [2.05, 4.69) is 20.8 Å². The number of anilines is 3. The van der Waals surface area contributed by atoms with Crippen LogP contribution in [0.2, 0.25) is 5.02 Å². The van der Waals surface area contributed by atoms with Gasteiger partial charge < -0.3 is 10.4 Å². The molecule has 4 N–H and O–H groups in total. The maximum atomic E-state index is 10.7. The number of benzene rings is 2.